The van der Waals surface area contributed by atoms with Crippen molar-refractivity contribution in [3.63, 3.8) is 0 Å². The van der Waals surface area contributed by atoms with Gasteiger partial charge in [-0.25, -0.2) is 0 Å². The van der Waals surface area contributed by atoms with Crippen LogP contribution in [0.2, 0.25) is 0 Å². The number of thiophene rings is 1. The number of nitrogens with two attached hydrogens (primary N) is 1. The Balaban J connectivity index is 2.13. The first-order chi connectivity index (χ1) is 6.81. The summed E-state index contributed by atoms with van der Waals surface area (Å²) in [5.41, 5.74) is 6.09. The lowest BCUT2D eigenvalue weighted by molar-refractivity contribution is 0.226. The molecule has 1 aromatic rings. The second-order valence-electron chi connectivity index (χ2n) is 3.38. The smallest absolute Gasteiger partial charge is 0.114 e. The molecule has 1 atom stereocenters. The van der Waals surface area contributed by atoms with Gasteiger partial charge in [0, 0.05) is 16.2 Å². The molecular formula is C11H15NOS. The van der Waals surface area contributed by atoms with Crippen LogP contribution in [0.4, 0.5) is 0 Å². The molecule has 2 N–H and O–H groups in total. The second kappa shape index (κ2) is 4.15. The third-order valence-corrected chi connectivity index (χ3v) is 3.69. The van der Waals surface area contributed by atoms with E-state index in [1.165, 1.54) is 9.75 Å². The third kappa shape index (κ3) is 1.83. The highest BCUT2D eigenvalue weighted by atomic mass is 32.1. The van der Waals surface area contributed by atoms with E-state index in [1.807, 2.05) is 0 Å². The average Bonchev–Trinajstić information content (AvgIpc) is 2.88. The van der Waals surface area contributed by atoms with Crippen molar-refractivity contribution >= 4 is 11.3 Å². The highest BCUT2D eigenvalue weighted by molar-refractivity contribution is 7.12. The van der Waals surface area contributed by atoms with E-state index in [9.17, 15) is 0 Å². The molecular weight excluding hydrogens is 194 g/mol. The van der Waals surface area contributed by atoms with Gasteiger partial charge in [0.05, 0.1) is 12.6 Å². The summed E-state index contributed by atoms with van der Waals surface area (Å²) in [5.74, 6) is 0.939. The summed E-state index contributed by atoms with van der Waals surface area (Å²) in [6, 6.07) is 4.20. The van der Waals surface area contributed by atoms with Crippen molar-refractivity contribution in [3.05, 3.63) is 33.7 Å². The molecule has 0 radical (unpaired) electrons. The molecule has 0 spiro atoms. The molecule has 0 fully saturated rings. The molecule has 1 unspecified atom stereocenters. The van der Waals surface area contributed by atoms with Crippen LogP contribution >= 0.6 is 11.3 Å². The molecule has 0 aliphatic carbocycles. The van der Waals surface area contributed by atoms with Crippen molar-refractivity contribution in [1.29, 1.82) is 0 Å². The maximum Gasteiger partial charge on any atom is 0.114 e. The van der Waals surface area contributed by atoms with E-state index in [0.717, 1.165) is 25.2 Å². The third-order valence-electron chi connectivity index (χ3n) is 2.38. The number of hydrogen-bond acceptors (Lipinski definition) is 3. The first-order valence-electron chi connectivity index (χ1n) is 4.98. The van der Waals surface area contributed by atoms with Gasteiger partial charge in [0.2, 0.25) is 0 Å². The van der Waals surface area contributed by atoms with E-state index < -0.39 is 0 Å². The van der Waals surface area contributed by atoms with Crippen LogP contribution in [-0.4, -0.2) is 6.61 Å². The normalized spacial score (nSPS) is 17.7. The Morgan fingerprint density at radius 1 is 1.57 bits per heavy atom. The molecule has 1 aliphatic rings. The van der Waals surface area contributed by atoms with Crippen molar-refractivity contribution in [1.82, 2.24) is 0 Å². The van der Waals surface area contributed by atoms with E-state index in [2.05, 4.69) is 25.1 Å². The zero-order valence-corrected chi connectivity index (χ0v) is 9.14. The summed E-state index contributed by atoms with van der Waals surface area (Å²) in [6.07, 6.45) is 4.17. The van der Waals surface area contributed by atoms with Crippen LogP contribution in [0.25, 0.3) is 0 Å². The van der Waals surface area contributed by atoms with Crippen LogP contribution in [0.15, 0.2) is 24.0 Å². The van der Waals surface area contributed by atoms with Crippen molar-refractivity contribution in [2.45, 2.75) is 25.8 Å². The van der Waals surface area contributed by atoms with Crippen molar-refractivity contribution in [2.75, 3.05) is 6.61 Å². The van der Waals surface area contributed by atoms with Gasteiger partial charge in [0.15, 0.2) is 0 Å². The van der Waals surface area contributed by atoms with Gasteiger partial charge in [-0.3, -0.25) is 0 Å². The number of aryl methyl sites for hydroxylation is 1. The quantitative estimate of drug-likeness (QED) is 0.830. The number of ether oxygens (including phenoxy) is 1. The molecule has 2 nitrogen and oxygen atoms in total. The molecule has 1 aromatic heterocycles. The highest BCUT2D eigenvalue weighted by Gasteiger charge is 2.17. The Morgan fingerprint density at radius 2 is 2.43 bits per heavy atom. The van der Waals surface area contributed by atoms with E-state index in [-0.39, 0.29) is 6.04 Å². The molecule has 2 rings (SSSR count). The van der Waals surface area contributed by atoms with E-state index in [4.69, 9.17) is 10.5 Å². The molecule has 76 valence electrons. The van der Waals surface area contributed by atoms with Gasteiger partial charge in [0.1, 0.15) is 5.76 Å². The molecule has 2 heterocycles. The maximum atomic E-state index is 6.09. The predicted molar refractivity (Wildman–Crippen MR) is 59.3 cm³/mol. The average molecular weight is 209 g/mol. The zero-order chi connectivity index (χ0) is 9.97. The summed E-state index contributed by atoms with van der Waals surface area (Å²) in [5, 5.41) is 0. The summed E-state index contributed by atoms with van der Waals surface area (Å²) in [7, 11) is 0. The topological polar surface area (TPSA) is 35.2 Å². The van der Waals surface area contributed by atoms with Crippen molar-refractivity contribution < 1.29 is 4.74 Å². The zero-order valence-electron chi connectivity index (χ0n) is 8.32. The Hall–Kier alpha value is -0.800. The molecule has 3 heteroatoms. The highest BCUT2D eigenvalue weighted by Crippen LogP contribution is 2.29. The Morgan fingerprint density at radius 3 is 3.00 bits per heavy atom. The molecule has 14 heavy (non-hydrogen) atoms. The lowest BCUT2D eigenvalue weighted by Gasteiger charge is -2.10. The van der Waals surface area contributed by atoms with Crippen molar-refractivity contribution in [2.24, 2.45) is 5.73 Å². The first kappa shape index (κ1) is 9.74. The summed E-state index contributed by atoms with van der Waals surface area (Å²) >= 11 is 1.78. The van der Waals surface area contributed by atoms with Crippen LogP contribution in [0, 0.1) is 0 Å². The summed E-state index contributed by atoms with van der Waals surface area (Å²) in [6.45, 7) is 2.95. The lowest BCUT2D eigenvalue weighted by atomic mass is 10.2. The van der Waals surface area contributed by atoms with E-state index in [0.29, 0.717) is 0 Å². The second-order valence-corrected chi connectivity index (χ2v) is 4.58. The van der Waals surface area contributed by atoms with Crippen LogP contribution in [0.5, 0.6) is 0 Å². The van der Waals surface area contributed by atoms with Crippen molar-refractivity contribution in [3.8, 4) is 0 Å². The summed E-state index contributed by atoms with van der Waals surface area (Å²) < 4.78 is 5.45. The van der Waals surface area contributed by atoms with Gasteiger partial charge in [-0.05, 0) is 24.6 Å². The van der Waals surface area contributed by atoms with Gasteiger partial charge in [-0.2, -0.15) is 0 Å². The SMILES string of the molecule is CCc1ccc(C(N)C2=CCCO2)s1. The van der Waals surface area contributed by atoms with Crippen LogP contribution in [-0.2, 0) is 11.2 Å². The van der Waals surface area contributed by atoms with E-state index >= 15 is 0 Å². The van der Waals surface area contributed by atoms with Gasteiger partial charge in [0.25, 0.3) is 0 Å². The minimum Gasteiger partial charge on any atom is -0.496 e. The molecule has 0 amide bonds. The first-order valence-corrected chi connectivity index (χ1v) is 5.80. The Labute approximate surface area is 88.4 Å². The Kier molecular flexibility index (Phi) is 2.89. The minimum atomic E-state index is -0.0530. The number of rotatable bonds is 3. The fourth-order valence-electron chi connectivity index (χ4n) is 1.55. The molecule has 0 bridgehead atoms. The van der Waals surface area contributed by atoms with E-state index in [1.54, 1.807) is 11.3 Å². The molecule has 0 saturated carbocycles. The largest absolute Gasteiger partial charge is 0.496 e. The van der Waals surface area contributed by atoms with Gasteiger partial charge < -0.3 is 10.5 Å². The van der Waals surface area contributed by atoms with Crippen LogP contribution in [0.1, 0.15) is 29.1 Å². The lowest BCUT2D eigenvalue weighted by Crippen LogP contribution is -2.11. The van der Waals surface area contributed by atoms with Gasteiger partial charge in [-0.15, -0.1) is 11.3 Å². The molecule has 0 aromatic carbocycles. The molecule has 0 saturated heterocycles. The minimum absolute atomic E-state index is 0.0530. The fourth-order valence-corrected chi connectivity index (χ4v) is 2.51. The van der Waals surface area contributed by atoms with Gasteiger partial charge in [-0.1, -0.05) is 6.92 Å². The molecule has 1 aliphatic heterocycles. The van der Waals surface area contributed by atoms with Crippen LogP contribution < -0.4 is 5.73 Å². The maximum absolute atomic E-state index is 6.09. The van der Waals surface area contributed by atoms with Crippen LogP contribution in [0.3, 0.4) is 0 Å². The summed E-state index contributed by atoms with van der Waals surface area (Å²) in [4.78, 5) is 2.59. The monoisotopic (exact) mass is 209 g/mol. The van der Waals surface area contributed by atoms with Gasteiger partial charge >= 0.3 is 0 Å². The number of hydrogen-bond donors (Lipinski definition) is 1. The fraction of sp³-hybridized carbons (Fsp3) is 0.455. The predicted octanol–water partition coefficient (Wildman–Crippen LogP) is 2.61. The Bertz CT molecular complexity index is 343. The standard InChI is InChI=1S/C11H15NOS/c1-2-8-5-6-10(14-8)11(12)9-4-3-7-13-9/h4-6,11H,2-3,7,12H2,1H3.